The Morgan fingerprint density at radius 3 is 2.82 bits per heavy atom. The Bertz CT molecular complexity index is 1170. The largest absolute Gasteiger partial charge is 0.341 e. The van der Waals surface area contributed by atoms with Crippen LogP contribution in [0.3, 0.4) is 0 Å². The fourth-order valence-electron chi connectivity index (χ4n) is 4.01. The molecule has 0 spiro atoms. The van der Waals surface area contributed by atoms with Gasteiger partial charge in [0.15, 0.2) is 11.5 Å². The van der Waals surface area contributed by atoms with Crippen LogP contribution >= 0.6 is 0 Å². The molecule has 0 aliphatic carbocycles. The van der Waals surface area contributed by atoms with Crippen LogP contribution in [-0.4, -0.2) is 60.0 Å². The minimum absolute atomic E-state index is 0.00170. The minimum atomic E-state index is -0.644. The van der Waals surface area contributed by atoms with Crippen LogP contribution in [0.1, 0.15) is 41.4 Å². The molecule has 0 radical (unpaired) electrons. The number of nitriles is 1. The Kier molecular flexibility index (Phi) is 7.87. The number of amides is 2. The van der Waals surface area contributed by atoms with Crippen LogP contribution in [-0.2, 0) is 17.9 Å². The molecule has 1 aromatic heterocycles. The summed E-state index contributed by atoms with van der Waals surface area (Å²) in [6, 6.07) is 6.13. The van der Waals surface area contributed by atoms with Crippen LogP contribution in [0.5, 0.6) is 0 Å². The molecule has 1 aliphatic heterocycles. The van der Waals surface area contributed by atoms with E-state index in [1.165, 1.54) is 29.0 Å². The van der Waals surface area contributed by atoms with Gasteiger partial charge in [-0.25, -0.2) is 4.39 Å². The Balaban J connectivity index is 2.07. The van der Waals surface area contributed by atoms with Crippen LogP contribution in [0.15, 0.2) is 18.2 Å². The molecule has 1 atom stereocenters. The van der Waals surface area contributed by atoms with E-state index >= 15 is 0 Å². The van der Waals surface area contributed by atoms with E-state index in [1.807, 2.05) is 11.0 Å². The lowest BCUT2D eigenvalue weighted by atomic mass is 10.1. The van der Waals surface area contributed by atoms with Gasteiger partial charge >= 0.3 is 0 Å². The van der Waals surface area contributed by atoms with Crippen molar-refractivity contribution in [1.29, 1.82) is 5.26 Å². The Morgan fingerprint density at radius 2 is 2.18 bits per heavy atom. The number of rotatable bonds is 7. The molecule has 1 saturated heterocycles. The van der Waals surface area contributed by atoms with Gasteiger partial charge in [-0.1, -0.05) is 18.1 Å². The molecular weight excluding hydrogens is 437 g/mol. The predicted molar refractivity (Wildman–Crippen MR) is 126 cm³/mol. The first-order chi connectivity index (χ1) is 16.3. The second-order valence-corrected chi connectivity index (χ2v) is 8.21. The van der Waals surface area contributed by atoms with Crippen molar-refractivity contribution in [3.8, 4) is 17.9 Å². The Morgan fingerprint density at radius 1 is 1.41 bits per heavy atom. The van der Waals surface area contributed by atoms with Crippen LogP contribution in [0, 0.1) is 29.0 Å². The number of piperidine rings is 1. The van der Waals surface area contributed by atoms with Crippen LogP contribution in [0.4, 0.5) is 16.2 Å². The van der Waals surface area contributed by atoms with Gasteiger partial charge in [0, 0.05) is 39.8 Å². The summed E-state index contributed by atoms with van der Waals surface area (Å²) in [5.41, 5.74) is 6.63. The first kappa shape index (κ1) is 24.7. The lowest BCUT2D eigenvalue weighted by molar-refractivity contribution is -0.107. The molecular formula is C24H28FN7O2. The van der Waals surface area contributed by atoms with Crippen molar-refractivity contribution in [2.24, 2.45) is 5.73 Å². The third-order valence-electron chi connectivity index (χ3n) is 5.74. The number of anilines is 2. The van der Waals surface area contributed by atoms with Gasteiger partial charge < -0.3 is 20.4 Å². The quantitative estimate of drug-likeness (QED) is 0.492. The molecule has 2 amide bonds. The molecule has 1 fully saturated rings. The number of aromatic nitrogens is 2. The average Bonchev–Trinajstić information content (AvgIpc) is 3.21. The number of nitrogens with zero attached hydrogens (tertiary/aromatic N) is 6. The van der Waals surface area contributed by atoms with E-state index in [1.54, 1.807) is 24.6 Å². The van der Waals surface area contributed by atoms with E-state index in [4.69, 9.17) is 5.73 Å². The topological polar surface area (TPSA) is 111 Å². The van der Waals surface area contributed by atoms with Gasteiger partial charge in [0.05, 0.1) is 12.1 Å². The number of carbonyl (C=O) groups is 2. The number of hydrogen-bond acceptors (Lipinski definition) is 6. The van der Waals surface area contributed by atoms with Crippen molar-refractivity contribution >= 4 is 24.1 Å². The van der Waals surface area contributed by atoms with Crippen molar-refractivity contribution in [3.63, 3.8) is 0 Å². The summed E-state index contributed by atoms with van der Waals surface area (Å²) in [7, 11) is 3.08. The van der Waals surface area contributed by atoms with Gasteiger partial charge in [0.25, 0.3) is 5.91 Å². The van der Waals surface area contributed by atoms with Crippen molar-refractivity contribution in [1.82, 2.24) is 14.5 Å². The second kappa shape index (κ2) is 10.8. The average molecular weight is 466 g/mol. The van der Waals surface area contributed by atoms with E-state index in [9.17, 15) is 19.2 Å². The van der Waals surface area contributed by atoms with Gasteiger partial charge in [-0.15, -0.1) is 5.92 Å². The predicted octanol–water partition coefficient (Wildman–Crippen LogP) is 1.71. The molecule has 2 aromatic rings. The van der Waals surface area contributed by atoms with E-state index in [0.717, 1.165) is 12.8 Å². The zero-order chi connectivity index (χ0) is 24.8. The molecule has 1 unspecified atom stereocenters. The van der Waals surface area contributed by atoms with Crippen molar-refractivity contribution < 1.29 is 14.0 Å². The van der Waals surface area contributed by atoms with Crippen molar-refractivity contribution in [2.45, 2.75) is 38.9 Å². The second-order valence-electron chi connectivity index (χ2n) is 8.21. The maximum Gasteiger partial charge on any atom is 0.274 e. The molecule has 34 heavy (non-hydrogen) atoms. The lowest BCUT2D eigenvalue weighted by Crippen LogP contribution is -2.44. The van der Waals surface area contributed by atoms with Crippen molar-refractivity contribution in [2.75, 3.05) is 37.0 Å². The summed E-state index contributed by atoms with van der Waals surface area (Å²) < 4.78 is 15.8. The van der Waals surface area contributed by atoms with Gasteiger partial charge in [0.1, 0.15) is 11.9 Å². The summed E-state index contributed by atoms with van der Waals surface area (Å²) >= 11 is 0. The summed E-state index contributed by atoms with van der Waals surface area (Å²) in [4.78, 5) is 34.6. The SMILES string of the molecule is CC#CCn1c(N2CCCC(N)C2)nc(N(C)C=O)c1C(=O)N(C)Cc1cccc(F)c1C#N. The normalized spacial score (nSPS) is 15.2. The smallest absolute Gasteiger partial charge is 0.274 e. The van der Waals surface area contributed by atoms with Crippen LogP contribution in [0.2, 0.25) is 0 Å². The molecule has 3 rings (SSSR count). The third-order valence-corrected chi connectivity index (χ3v) is 5.74. The van der Waals surface area contributed by atoms with Gasteiger partial charge in [-0.2, -0.15) is 10.2 Å². The highest BCUT2D eigenvalue weighted by atomic mass is 19.1. The zero-order valence-corrected chi connectivity index (χ0v) is 19.6. The number of hydrogen-bond donors (Lipinski definition) is 1. The lowest BCUT2D eigenvalue weighted by Gasteiger charge is -2.31. The van der Waals surface area contributed by atoms with Gasteiger partial charge in [0.2, 0.25) is 12.4 Å². The summed E-state index contributed by atoms with van der Waals surface area (Å²) in [5.74, 6) is 5.45. The highest BCUT2D eigenvalue weighted by Gasteiger charge is 2.31. The fraction of sp³-hybridized carbons (Fsp3) is 0.417. The first-order valence-electron chi connectivity index (χ1n) is 10.9. The number of carbonyl (C=O) groups excluding carboxylic acids is 2. The van der Waals surface area contributed by atoms with E-state index in [0.29, 0.717) is 31.0 Å². The molecule has 9 nitrogen and oxygen atoms in total. The monoisotopic (exact) mass is 465 g/mol. The highest BCUT2D eigenvalue weighted by molar-refractivity contribution is 6.00. The molecule has 0 saturated carbocycles. The third kappa shape index (κ3) is 5.03. The van der Waals surface area contributed by atoms with E-state index < -0.39 is 11.7 Å². The summed E-state index contributed by atoms with van der Waals surface area (Å²) in [6.45, 7) is 3.17. The first-order valence-corrected chi connectivity index (χ1v) is 10.9. The van der Waals surface area contributed by atoms with Crippen LogP contribution in [0.25, 0.3) is 0 Å². The molecule has 2 N–H and O–H groups in total. The van der Waals surface area contributed by atoms with Crippen LogP contribution < -0.4 is 15.5 Å². The highest BCUT2D eigenvalue weighted by Crippen LogP contribution is 2.29. The van der Waals surface area contributed by atoms with Crippen molar-refractivity contribution in [3.05, 3.63) is 40.8 Å². The summed E-state index contributed by atoms with van der Waals surface area (Å²) in [5, 5.41) is 9.34. The zero-order valence-electron chi connectivity index (χ0n) is 19.6. The Hall–Kier alpha value is -3.89. The fourth-order valence-corrected chi connectivity index (χ4v) is 4.01. The molecule has 10 heteroatoms. The minimum Gasteiger partial charge on any atom is -0.341 e. The van der Waals surface area contributed by atoms with E-state index in [2.05, 4.69) is 16.8 Å². The van der Waals surface area contributed by atoms with Gasteiger partial charge in [-0.05, 0) is 31.4 Å². The maximum absolute atomic E-state index is 14.1. The molecule has 1 aromatic carbocycles. The molecule has 1 aliphatic rings. The standard InChI is InChI=1S/C24H28FN7O2/c1-4-5-12-32-21(23(34)29(2)14-17-8-6-10-20(25)19(17)13-26)22(30(3)16-33)28-24(32)31-11-7-9-18(27)15-31/h6,8,10,16,18H,7,9,11-12,14-15,27H2,1-3H3. The number of halogens is 1. The summed E-state index contributed by atoms with van der Waals surface area (Å²) in [6.07, 6.45) is 2.36. The molecule has 0 bridgehead atoms. The van der Waals surface area contributed by atoms with E-state index in [-0.39, 0.29) is 36.2 Å². The number of imidazole rings is 1. The number of benzene rings is 1. The number of nitrogens with two attached hydrogens (primary N) is 1. The molecule has 2 heterocycles. The molecule has 178 valence electrons. The Labute approximate surface area is 198 Å². The van der Waals surface area contributed by atoms with Gasteiger partial charge in [-0.3, -0.25) is 14.2 Å². The maximum atomic E-state index is 14.1.